The van der Waals surface area contributed by atoms with E-state index in [1.807, 2.05) is 30.3 Å². The van der Waals surface area contributed by atoms with E-state index in [2.05, 4.69) is 10.2 Å². The second kappa shape index (κ2) is 7.57. The monoisotopic (exact) mass is 381 g/mol. The fraction of sp³-hybridized carbons (Fsp3) is 0.438. The normalized spacial score (nSPS) is 19.0. The highest BCUT2D eigenvalue weighted by Gasteiger charge is 2.34. The first-order valence-electron chi connectivity index (χ1n) is 7.90. The van der Waals surface area contributed by atoms with Crippen molar-refractivity contribution >= 4 is 27.5 Å². The Balaban J connectivity index is 1.71. The summed E-state index contributed by atoms with van der Waals surface area (Å²) in [6.45, 7) is 2.08. The zero-order chi connectivity index (χ0) is 17.9. The zero-order valence-corrected chi connectivity index (χ0v) is 15.4. The minimum absolute atomic E-state index is 0.0237. The average molecular weight is 381 g/mol. The molecule has 1 atom stereocenters. The average Bonchev–Trinajstić information content (AvgIpc) is 3.16. The van der Waals surface area contributed by atoms with Gasteiger partial charge in [-0.05, 0) is 12.0 Å². The smallest absolute Gasteiger partial charge is 0.277 e. The Bertz CT molecular complexity index is 836. The molecule has 7 nitrogen and oxygen atoms in total. The van der Waals surface area contributed by atoms with Gasteiger partial charge in [0, 0.05) is 19.5 Å². The van der Waals surface area contributed by atoms with Crippen LogP contribution in [0.5, 0.6) is 0 Å². The SMILES string of the molecule is Cc1nnc(SCC(=O)N(Cc2ccccc2)C2CCS(=O)(=O)C2)o1. The molecule has 2 heterocycles. The molecule has 0 aliphatic carbocycles. The number of benzene rings is 1. The van der Waals surface area contributed by atoms with E-state index in [9.17, 15) is 13.2 Å². The highest BCUT2D eigenvalue weighted by molar-refractivity contribution is 7.99. The van der Waals surface area contributed by atoms with Crippen molar-refractivity contribution in [2.75, 3.05) is 17.3 Å². The van der Waals surface area contributed by atoms with E-state index in [1.54, 1.807) is 11.8 Å². The second-order valence-electron chi connectivity index (χ2n) is 5.94. The summed E-state index contributed by atoms with van der Waals surface area (Å²) in [5.41, 5.74) is 0.971. The van der Waals surface area contributed by atoms with Crippen molar-refractivity contribution in [1.29, 1.82) is 0 Å². The van der Waals surface area contributed by atoms with Crippen molar-refractivity contribution in [3.05, 3.63) is 41.8 Å². The molecule has 3 rings (SSSR count). The molecule has 1 saturated heterocycles. The molecule has 0 radical (unpaired) electrons. The van der Waals surface area contributed by atoms with Gasteiger partial charge in [-0.25, -0.2) is 8.42 Å². The van der Waals surface area contributed by atoms with Crippen molar-refractivity contribution in [2.45, 2.75) is 31.2 Å². The fourth-order valence-corrected chi connectivity index (χ4v) is 5.19. The van der Waals surface area contributed by atoms with Crippen LogP contribution in [0, 0.1) is 6.92 Å². The summed E-state index contributed by atoms with van der Waals surface area (Å²) in [7, 11) is -3.07. The number of nitrogens with zero attached hydrogens (tertiary/aromatic N) is 3. The number of aryl methyl sites for hydroxylation is 1. The van der Waals surface area contributed by atoms with Gasteiger partial charge in [-0.1, -0.05) is 42.1 Å². The third-order valence-corrected chi connectivity index (χ3v) is 6.55. The summed E-state index contributed by atoms with van der Waals surface area (Å²) >= 11 is 1.17. The fourth-order valence-electron chi connectivity index (χ4n) is 2.77. The Kier molecular flexibility index (Phi) is 5.43. The van der Waals surface area contributed by atoms with Crippen molar-refractivity contribution in [3.8, 4) is 0 Å². The van der Waals surface area contributed by atoms with Crippen LogP contribution < -0.4 is 0 Å². The van der Waals surface area contributed by atoms with Gasteiger partial charge < -0.3 is 9.32 Å². The van der Waals surface area contributed by atoms with E-state index in [4.69, 9.17) is 4.42 Å². The molecule has 25 heavy (non-hydrogen) atoms. The Morgan fingerprint density at radius 3 is 2.68 bits per heavy atom. The molecular weight excluding hydrogens is 362 g/mol. The van der Waals surface area contributed by atoms with Crippen LogP contribution in [0.15, 0.2) is 40.0 Å². The van der Waals surface area contributed by atoms with Gasteiger partial charge in [0.25, 0.3) is 5.22 Å². The van der Waals surface area contributed by atoms with E-state index < -0.39 is 9.84 Å². The molecule has 1 aromatic carbocycles. The lowest BCUT2D eigenvalue weighted by Crippen LogP contribution is -2.41. The van der Waals surface area contributed by atoms with E-state index in [1.165, 1.54) is 11.8 Å². The van der Waals surface area contributed by atoms with Crippen LogP contribution >= 0.6 is 11.8 Å². The predicted molar refractivity (Wildman–Crippen MR) is 93.8 cm³/mol. The molecule has 1 amide bonds. The lowest BCUT2D eigenvalue weighted by atomic mass is 10.1. The van der Waals surface area contributed by atoms with Crippen LogP contribution in [0.4, 0.5) is 0 Å². The number of carbonyl (C=O) groups excluding carboxylic acids is 1. The number of hydrogen-bond acceptors (Lipinski definition) is 7. The second-order valence-corrected chi connectivity index (χ2v) is 9.10. The minimum atomic E-state index is -3.07. The Morgan fingerprint density at radius 1 is 1.32 bits per heavy atom. The van der Waals surface area contributed by atoms with Gasteiger partial charge in [-0.3, -0.25) is 4.79 Å². The summed E-state index contributed by atoms with van der Waals surface area (Å²) in [5.74, 6) is 0.595. The van der Waals surface area contributed by atoms with Gasteiger partial charge in [-0.2, -0.15) is 0 Å². The number of amides is 1. The van der Waals surface area contributed by atoms with E-state index >= 15 is 0 Å². The molecule has 134 valence electrons. The number of hydrogen-bond donors (Lipinski definition) is 0. The van der Waals surface area contributed by atoms with Crippen LogP contribution in [0.25, 0.3) is 0 Å². The summed E-state index contributed by atoms with van der Waals surface area (Å²) in [5, 5.41) is 7.93. The molecule has 0 saturated carbocycles. The quantitative estimate of drug-likeness (QED) is 0.703. The first-order valence-corrected chi connectivity index (χ1v) is 10.7. The molecule has 0 bridgehead atoms. The highest BCUT2D eigenvalue weighted by atomic mass is 32.2. The van der Waals surface area contributed by atoms with Gasteiger partial charge in [0.1, 0.15) is 0 Å². The summed E-state index contributed by atoms with van der Waals surface area (Å²) in [4.78, 5) is 14.4. The van der Waals surface area contributed by atoms with Gasteiger partial charge in [0.05, 0.1) is 17.3 Å². The molecule has 0 N–H and O–H groups in total. The highest BCUT2D eigenvalue weighted by Crippen LogP contribution is 2.23. The Hall–Kier alpha value is -1.87. The zero-order valence-electron chi connectivity index (χ0n) is 13.8. The predicted octanol–water partition coefficient (Wildman–Crippen LogP) is 1.69. The molecular formula is C16H19N3O4S2. The molecule has 1 aliphatic heterocycles. The van der Waals surface area contributed by atoms with E-state index in [0.29, 0.717) is 24.1 Å². The molecule has 2 aromatic rings. The molecule has 1 aromatic heterocycles. The topological polar surface area (TPSA) is 93.4 Å². The third kappa shape index (κ3) is 4.82. The molecule has 9 heteroatoms. The van der Waals surface area contributed by atoms with Gasteiger partial charge in [-0.15, -0.1) is 10.2 Å². The Morgan fingerprint density at radius 2 is 2.08 bits per heavy atom. The standard InChI is InChI=1S/C16H19N3O4S2/c1-12-17-18-16(23-12)24-10-15(20)19(9-13-5-3-2-4-6-13)14-7-8-25(21,22)11-14/h2-6,14H,7-11H2,1H3. The van der Waals surface area contributed by atoms with Crippen LogP contribution in [-0.4, -0.2) is 52.7 Å². The third-order valence-electron chi connectivity index (χ3n) is 3.99. The van der Waals surface area contributed by atoms with Crippen molar-refractivity contribution < 1.29 is 17.6 Å². The van der Waals surface area contributed by atoms with Gasteiger partial charge >= 0.3 is 0 Å². The molecule has 0 spiro atoms. The lowest BCUT2D eigenvalue weighted by Gasteiger charge is -2.28. The van der Waals surface area contributed by atoms with Crippen LogP contribution in [0.3, 0.4) is 0 Å². The maximum Gasteiger partial charge on any atom is 0.277 e. The van der Waals surface area contributed by atoms with E-state index in [-0.39, 0.29) is 29.2 Å². The Labute approximate surface area is 150 Å². The first kappa shape index (κ1) is 17.9. The number of rotatable bonds is 6. The van der Waals surface area contributed by atoms with E-state index in [0.717, 1.165) is 5.56 Å². The lowest BCUT2D eigenvalue weighted by molar-refractivity contribution is -0.130. The van der Waals surface area contributed by atoms with Gasteiger partial charge in [0.15, 0.2) is 9.84 Å². The van der Waals surface area contributed by atoms with Gasteiger partial charge in [0.2, 0.25) is 11.8 Å². The van der Waals surface area contributed by atoms with Crippen molar-refractivity contribution in [2.24, 2.45) is 0 Å². The van der Waals surface area contributed by atoms with Crippen molar-refractivity contribution in [3.63, 3.8) is 0 Å². The van der Waals surface area contributed by atoms with Crippen LogP contribution in [0.1, 0.15) is 17.9 Å². The summed E-state index contributed by atoms with van der Waals surface area (Å²) in [6, 6.07) is 9.28. The maximum absolute atomic E-state index is 12.7. The van der Waals surface area contributed by atoms with Crippen molar-refractivity contribution in [1.82, 2.24) is 15.1 Å². The van der Waals surface area contributed by atoms with Crippen LogP contribution in [-0.2, 0) is 21.2 Å². The molecule has 1 fully saturated rings. The molecule has 1 aliphatic rings. The maximum atomic E-state index is 12.7. The first-order chi connectivity index (χ1) is 11.9. The summed E-state index contributed by atoms with van der Waals surface area (Å²) < 4.78 is 28.9. The largest absolute Gasteiger partial charge is 0.416 e. The minimum Gasteiger partial charge on any atom is -0.416 e. The number of thioether (sulfide) groups is 1. The number of carbonyl (C=O) groups is 1. The summed E-state index contributed by atoms with van der Waals surface area (Å²) in [6.07, 6.45) is 0.477. The number of aromatic nitrogens is 2. The molecule has 1 unspecified atom stereocenters. The number of sulfone groups is 1. The van der Waals surface area contributed by atoms with Crippen LogP contribution in [0.2, 0.25) is 0 Å².